The van der Waals surface area contributed by atoms with Crippen molar-refractivity contribution in [3.63, 3.8) is 0 Å². The zero-order valence-corrected chi connectivity index (χ0v) is 10.9. The molecule has 2 aliphatic heterocycles. The molecule has 2 N–H and O–H groups in total. The molecule has 100 valence electrons. The first-order valence-electron chi connectivity index (χ1n) is 7.02. The highest BCUT2D eigenvalue weighted by Crippen LogP contribution is 2.23. The van der Waals surface area contributed by atoms with E-state index in [1.165, 1.54) is 13.0 Å². The van der Waals surface area contributed by atoms with E-state index in [1.807, 2.05) is 0 Å². The summed E-state index contributed by atoms with van der Waals surface area (Å²) in [5.74, 6) is 0.824. The number of hydrogen-bond donors (Lipinski definition) is 2. The molecule has 0 bridgehead atoms. The minimum Gasteiger partial charge on any atom is -0.394 e. The molecule has 0 aromatic rings. The molecule has 2 unspecified atom stereocenters. The highest BCUT2D eigenvalue weighted by molar-refractivity contribution is 4.90. The van der Waals surface area contributed by atoms with Crippen LogP contribution in [0.25, 0.3) is 0 Å². The van der Waals surface area contributed by atoms with E-state index >= 15 is 0 Å². The lowest BCUT2D eigenvalue weighted by atomic mass is 9.96. The van der Waals surface area contributed by atoms with Gasteiger partial charge in [-0.05, 0) is 25.3 Å². The van der Waals surface area contributed by atoms with E-state index in [0.29, 0.717) is 12.7 Å². The number of likely N-dealkylation sites (tertiary alicyclic amines) is 1. The zero-order valence-electron chi connectivity index (χ0n) is 10.9. The zero-order chi connectivity index (χ0) is 12.1. The molecule has 0 aliphatic carbocycles. The van der Waals surface area contributed by atoms with Crippen molar-refractivity contribution in [2.75, 3.05) is 39.4 Å². The monoisotopic (exact) mass is 242 g/mol. The van der Waals surface area contributed by atoms with Crippen molar-refractivity contribution in [1.82, 2.24) is 10.2 Å². The third kappa shape index (κ3) is 3.41. The maximum absolute atomic E-state index is 8.74. The molecule has 4 nitrogen and oxygen atoms in total. The SMILES string of the molecule is CCC1CNCC1N1CCC(OCCO)CC1. The fraction of sp³-hybridized carbons (Fsp3) is 1.00. The first-order chi connectivity index (χ1) is 8.35. The van der Waals surface area contributed by atoms with Gasteiger partial charge < -0.3 is 15.2 Å². The van der Waals surface area contributed by atoms with Gasteiger partial charge in [0.2, 0.25) is 0 Å². The Labute approximate surface area is 104 Å². The van der Waals surface area contributed by atoms with E-state index in [0.717, 1.165) is 44.4 Å². The summed E-state index contributed by atoms with van der Waals surface area (Å²) in [6.07, 6.45) is 3.88. The smallest absolute Gasteiger partial charge is 0.0701 e. The van der Waals surface area contributed by atoms with Gasteiger partial charge in [0.15, 0.2) is 0 Å². The molecule has 2 fully saturated rings. The van der Waals surface area contributed by atoms with Crippen LogP contribution in [0.4, 0.5) is 0 Å². The standard InChI is InChI=1S/C13H26N2O2/c1-2-11-9-14-10-13(11)15-5-3-12(4-6-15)17-8-7-16/h11-14,16H,2-10H2,1H3. The van der Waals surface area contributed by atoms with Gasteiger partial charge >= 0.3 is 0 Å². The molecule has 2 atom stereocenters. The molecule has 2 saturated heterocycles. The molecular weight excluding hydrogens is 216 g/mol. The average molecular weight is 242 g/mol. The molecule has 0 spiro atoms. The molecule has 2 heterocycles. The van der Waals surface area contributed by atoms with Crippen LogP contribution in [0.2, 0.25) is 0 Å². The van der Waals surface area contributed by atoms with Gasteiger partial charge in [-0.3, -0.25) is 4.90 Å². The van der Waals surface area contributed by atoms with Gasteiger partial charge in [-0.15, -0.1) is 0 Å². The van der Waals surface area contributed by atoms with Gasteiger partial charge in [-0.25, -0.2) is 0 Å². The van der Waals surface area contributed by atoms with E-state index in [-0.39, 0.29) is 6.61 Å². The Morgan fingerprint density at radius 3 is 2.71 bits per heavy atom. The predicted molar refractivity (Wildman–Crippen MR) is 68.1 cm³/mol. The Bertz CT molecular complexity index is 217. The lowest BCUT2D eigenvalue weighted by molar-refractivity contribution is -0.0172. The van der Waals surface area contributed by atoms with Crippen LogP contribution in [0, 0.1) is 5.92 Å². The molecule has 4 heteroatoms. The highest BCUT2D eigenvalue weighted by Gasteiger charge is 2.32. The van der Waals surface area contributed by atoms with Crippen molar-refractivity contribution in [2.24, 2.45) is 5.92 Å². The minimum atomic E-state index is 0.144. The van der Waals surface area contributed by atoms with Crippen LogP contribution in [-0.2, 0) is 4.74 Å². The first-order valence-corrected chi connectivity index (χ1v) is 7.02. The molecule has 2 rings (SSSR count). The molecule has 0 aromatic carbocycles. The summed E-state index contributed by atoms with van der Waals surface area (Å²) in [6.45, 7) is 7.57. The highest BCUT2D eigenvalue weighted by atomic mass is 16.5. The van der Waals surface area contributed by atoms with E-state index < -0.39 is 0 Å². The second-order valence-corrected chi connectivity index (χ2v) is 5.22. The van der Waals surface area contributed by atoms with Crippen molar-refractivity contribution in [3.8, 4) is 0 Å². The number of piperidine rings is 1. The average Bonchev–Trinajstić information content (AvgIpc) is 2.85. The van der Waals surface area contributed by atoms with Crippen LogP contribution < -0.4 is 5.32 Å². The Kier molecular flexibility index (Phi) is 5.22. The third-order valence-electron chi connectivity index (χ3n) is 4.22. The van der Waals surface area contributed by atoms with Crippen LogP contribution in [0.1, 0.15) is 26.2 Å². The fourth-order valence-corrected chi connectivity index (χ4v) is 3.16. The fourth-order valence-electron chi connectivity index (χ4n) is 3.16. The quantitative estimate of drug-likeness (QED) is 0.735. The Balaban J connectivity index is 1.74. The number of nitrogens with one attached hydrogen (secondary N) is 1. The summed E-state index contributed by atoms with van der Waals surface area (Å²) in [7, 11) is 0. The third-order valence-corrected chi connectivity index (χ3v) is 4.22. The summed E-state index contributed by atoms with van der Waals surface area (Å²) in [4.78, 5) is 2.63. The van der Waals surface area contributed by atoms with Gasteiger partial charge in [-0.2, -0.15) is 0 Å². The van der Waals surface area contributed by atoms with E-state index in [1.54, 1.807) is 0 Å². The second-order valence-electron chi connectivity index (χ2n) is 5.22. The molecule has 0 saturated carbocycles. The normalized spacial score (nSPS) is 32.1. The van der Waals surface area contributed by atoms with Gasteiger partial charge in [0.1, 0.15) is 0 Å². The summed E-state index contributed by atoms with van der Waals surface area (Å²) in [6, 6.07) is 0.735. The second kappa shape index (κ2) is 6.69. The van der Waals surface area contributed by atoms with Gasteiger partial charge in [0, 0.05) is 25.7 Å². The summed E-state index contributed by atoms with van der Waals surface area (Å²) < 4.78 is 5.60. The summed E-state index contributed by atoms with van der Waals surface area (Å²) >= 11 is 0. The lowest BCUT2D eigenvalue weighted by Crippen LogP contribution is -2.46. The Hall–Kier alpha value is -0.160. The molecule has 0 amide bonds. The maximum atomic E-state index is 8.74. The van der Waals surface area contributed by atoms with E-state index in [2.05, 4.69) is 17.1 Å². The number of aliphatic hydroxyl groups excluding tert-OH is 1. The van der Waals surface area contributed by atoms with Gasteiger partial charge in [0.05, 0.1) is 19.3 Å². The topological polar surface area (TPSA) is 44.7 Å². The van der Waals surface area contributed by atoms with Gasteiger partial charge in [-0.1, -0.05) is 13.3 Å². The minimum absolute atomic E-state index is 0.144. The van der Waals surface area contributed by atoms with Crippen LogP contribution in [0.5, 0.6) is 0 Å². The molecule has 2 aliphatic rings. The van der Waals surface area contributed by atoms with E-state index in [4.69, 9.17) is 9.84 Å². The van der Waals surface area contributed by atoms with Crippen LogP contribution in [0.15, 0.2) is 0 Å². The first kappa shape index (κ1) is 13.3. The van der Waals surface area contributed by atoms with Crippen molar-refractivity contribution in [1.29, 1.82) is 0 Å². The Morgan fingerprint density at radius 1 is 1.29 bits per heavy atom. The van der Waals surface area contributed by atoms with Crippen LogP contribution in [-0.4, -0.2) is 61.5 Å². The number of rotatable bonds is 5. The van der Waals surface area contributed by atoms with Crippen LogP contribution >= 0.6 is 0 Å². The number of ether oxygens (including phenoxy) is 1. The molecule has 17 heavy (non-hydrogen) atoms. The van der Waals surface area contributed by atoms with Crippen molar-refractivity contribution < 1.29 is 9.84 Å². The number of hydrogen-bond acceptors (Lipinski definition) is 4. The van der Waals surface area contributed by atoms with Crippen molar-refractivity contribution >= 4 is 0 Å². The van der Waals surface area contributed by atoms with Crippen molar-refractivity contribution in [2.45, 2.75) is 38.3 Å². The molecule has 0 radical (unpaired) electrons. The predicted octanol–water partition coefficient (Wildman–Crippen LogP) is 0.458. The maximum Gasteiger partial charge on any atom is 0.0701 e. The summed E-state index contributed by atoms with van der Waals surface area (Å²) in [5.41, 5.74) is 0. The summed E-state index contributed by atoms with van der Waals surface area (Å²) in [5, 5.41) is 12.3. The number of aliphatic hydroxyl groups is 1. The van der Waals surface area contributed by atoms with Crippen LogP contribution in [0.3, 0.4) is 0 Å². The number of nitrogens with zero attached hydrogens (tertiary/aromatic N) is 1. The Morgan fingerprint density at radius 2 is 2.06 bits per heavy atom. The van der Waals surface area contributed by atoms with Gasteiger partial charge in [0.25, 0.3) is 0 Å². The van der Waals surface area contributed by atoms with Crippen molar-refractivity contribution in [3.05, 3.63) is 0 Å². The molecule has 0 aromatic heterocycles. The van der Waals surface area contributed by atoms with E-state index in [9.17, 15) is 0 Å². The lowest BCUT2D eigenvalue weighted by Gasteiger charge is -2.37. The largest absolute Gasteiger partial charge is 0.394 e. The molecular formula is C13H26N2O2.